The van der Waals surface area contributed by atoms with Crippen LogP contribution in [0.15, 0.2) is 53.6 Å². The molecule has 0 fully saturated rings. The number of aryl methyl sites for hydroxylation is 2. The molecule has 122 valence electrons. The first kappa shape index (κ1) is 15.7. The van der Waals surface area contributed by atoms with Gasteiger partial charge in [-0.05, 0) is 11.1 Å². The van der Waals surface area contributed by atoms with Crippen LogP contribution in [0.1, 0.15) is 10.5 Å². The number of aromatic nitrogens is 3. The van der Waals surface area contributed by atoms with Crippen molar-refractivity contribution in [2.24, 2.45) is 14.1 Å². The number of hydrogen-bond donors (Lipinski definition) is 0. The van der Waals surface area contributed by atoms with Crippen molar-refractivity contribution in [3.8, 4) is 22.3 Å². The maximum atomic E-state index is 12.1. The Morgan fingerprint density at radius 2 is 1.79 bits per heavy atom. The maximum Gasteiger partial charge on any atom is 0.356 e. The number of methoxy groups -OCH3 is 1. The quantitative estimate of drug-likeness (QED) is 0.693. The zero-order valence-corrected chi connectivity index (χ0v) is 13.7. The SMILES string of the molecule is COC(=O)c1c(-c2cn(C)c(=O)cc2-c2ccccc2)cnn1C. The van der Waals surface area contributed by atoms with Crippen LogP contribution in [-0.2, 0) is 18.8 Å². The Bertz CT molecular complexity index is 955. The summed E-state index contributed by atoms with van der Waals surface area (Å²) in [6.07, 6.45) is 3.33. The highest BCUT2D eigenvalue weighted by Crippen LogP contribution is 2.32. The van der Waals surface area contributed by atoms with Crippen LogP contribution in [0.5, 0.6) is 0 Å². The van der Waals surface area contributed by atoms with Crippen molar-refractivity contribution < 1.29 is 9.53 Å². The second-order valence-corrected chi connectivity index (χ2v) is 5.44. The second kappa shape index (κ2) is 6.16. The van der Waals surface area contributed by atoms with Crippen molar-refractivity contribution in [3.05, 3.63) is 64.8 Å². The summed E-state index contributed by atoms with van der Waals surface area (Å²) in [4.78, 5) is 24.3. The lowest BCUT2D eigenvalue weighted by atomic mass is 9.96. The van der Waals surface area contributed by atoms with E-state index in [1.165, 1.54) is 16.4 Å². The van der Waals surface area contributed by atoms with E-state index >= 15 is 0 Å². The zero-order valence-electron chi connectivity index (χ0n) is 13.7. The van der Waals surface area contributed by atoms with E-state index in [-0.39, 0.29) is 5.56 Å². The van der Waals surface area contributed by atoms with E-state index in [1.54, 1.807) is 32.6 Å². The molecule has 0 aliphatic rings. The maximum absolute atomic E-state index is 12.1. The first-order valence-electron chi connectivity index (χ1n) is 7.39. The van der Waals surface area contributed by atoms with E-state index in [2.05, 4.69) is 5.10 Å². The number of esters is 1. The number of pyridine rings is 1. The first-order chi connectivity index (χ1) is 11.5. The van der Waals surface area contributed by atoms with Gasteiger partial charge in [0.15, 0.2) is 5.69 Å². The molecule has 0 bridgehead atoms. The summed E-state index contributed by atoms with van der Waals surface area (Å²) in [5.74, 6) is -0.474. The van der Waals surface area contributed by atoms with Gasteiger partial charge in [-0.3, -0.25) is 9.48 Å². The van der Waals surface area contributed by atoms with E-state index in [0.717, 1.165) is 16.7 Å². The molecule has 0 saturated carbocycles. The number of carbonyl (C=O) groups is 1. The molecule has 0 saturated heterocycles. The minimum Gasteiger partial charge on any atom is -0.464 e. The normalized spacial score (nSPS) is 10.6. The van der Waals surface area contributed by atoms with Crippen molar-refractivity contribution in [2.45, 2.75) is 0 Å². The summed E-state index contributed by atoms with van der Waals surface area (Å²) in [6.45, 7) is 0. The van der Waals surface area contributed by atoms with Crippen molar-refractivity contribution in [1.82, 2.24) is 14.3 Å². The van der Waals surface area contributed by atoms with Gasteiger partial charge in [-0.25, -0.2) is 4.79 Å². The Hall–Kier alpha value is -3.15. The van der Waals surface area contributed by atoms with E-state index in [1.807, 2.05) is 30.3 Å². The largest absolute Gasteiger partial charge is 0.464 e. The van der Waals surface area contributed by atoms with E-state index in [4.69, 9.17) is 4.74 Å². The molecule has 0 atom stereocenters. The van der Waals surface area contributed by atoms with Crippen molar-refractivity contribution in [2.75, 3.05) is 7.11 Å². The Morgan fingerprint density at radius 3 is 2.46 bits per heavy atom. The monoisotopic (exact) mass is 323 g/mol. The fourth-order valence-corrected chi connectivity index (χ4v) is 2.67. The van der Waals surface area contributed by atoms with Crippen LogP contribution in [0.2, 0.25) is 0 Å². The number of hydrogen-bond acceptors (Lipinski definition) is 4. The number of nitrogens with zero attached hydrogens (tertiary/aromatic N) is 3. The fraction of sp³-hybridized carbons (Fsp3) is 0.167. The van der Waals surface area contributed by atoms with Crippen LogP contribution in [0.3, 0.4) is 0 Å². The summed E-state index contributed by atoms with van der Waals surface area (Å²) in [5, 5.41) is 4.18. The number of carbonyl (C=O) groups excluding carboxylic acids is 1. The van der Waals surface area contributed by atoms with Crippen LogP contribution >= 0.6 is 0 Å². The van der Waals surface area contributed by atoms with Gasteiger partial charge < -0.3 is 9.30 Å². The Kier molecular flexibility index (Phi) is 4.04. The number of benzene rings is 1. The highest BCUT2D eigenvalue weighted by atomic mass is 16.5. The lowest BCUT2D eigenvalue weighted by Crippen LogP contribution is -2.16. The van der Waals surface area contributed by atoms with Crippen LogP contribution in [0, 0.1) is 0 Å². The summed E-state index contributed by atoms with van der Waals surface area (Å²) >= 11 is 0. The molecule has 24 heavy (non-hydrogen) atoms. The topological polar surface area (TPSA) is 66.1 Å². The third-order valence-electron chi connectivity index (χ3n) is 3.92. The fourth-order valence-electron chi connectivity index (χ4n) is 2.67. The molecule has 0 radical (unpaired) electrons. The third kappa shape index (κ3) is 2.62. The number of ether oxygens (including phenoxy) is 1. The van der Waals surface area contributed by atoms with Gasteiger partial charge in [-0.1, -0.05) is 30.3 Å². The molecule has 0 N–H and O–H groups in total. The zero-order chi connectivity index (χ0) is 17.3. The summed E-state index contributed by atoms with van der Waals surface area (Å²) < 4.78 is 7.82. The highest BCUT2D eigenvalue weighted by Gasteiger charge is 2.21. The Morgan fingerprint density at radius 1 is 1.08 bits per heavy atom. The summed E-state index contributed by atoms with van der Waals surface area (Å²) in [7, 11) is 4.69. The third-order valence-corrected chi connectivity index (χ3v) is 3.92. The summed E-state index contributed by atoms with van der Waals surface area (Å²) in [5.41, 5.74) is 3.23. The minimum absolute atomic E-state index is 0.124. The molecule has 0 spiro atoms. The molecule has 0 amide bonds. The van der Waals surface area contributed by atoms with Crippen molar-refractivity contribution >= 4 is 5.97 Å². The summed E-state index contributed by atoms with van der Waals surface area (Å²) in [6, 6.07) is 11.1. The predicted molar refractivity (Wildman–Crippen MR) is 90.7 cm³/mol. The molecule has 1 aromatic carbocycles. The Balaban J connectivity index is 2.32. The molecular formula is C18H17N3O3. The molecule has 0 aliphatic carbocycles. The second-order valence-electron chi connectivity index (χ2n) is 5.44. The van der Waals surface area contributed by atoms with Crippen LogP contribution in [0.4, 0.5) is 0 Å². The van der Waals surface area contributed by atoms with Crippen molar-refractivity contribution in [1.29, 1.82) is 0 Å². The molecule has 6 nitrogen and oxygen atoms in total. The van der Waals surface area contributed by atoms with Gasteiger partial charge in [0.25, 0.3) is 5.56 Å². The molecule has 3 rings (SSSR count). The van der Waals surface area contributed by atoms with Crippen LogP contribution in [0.25, 0.3) is 22.3 Å². The molecule has 0 aliphatic heterocycles. The first-order valence-corrected chi connectivity index (χ1v) is 7.39. The van der Waals surface area contributed by atoms with Crippen LogP contribution in [-0.4, -0.2) is 27.4 Å². The van der Waals surface area contributed by atoms with Gasteiger partial charge in [0, 0.05) is 37.5 Å². The smallest absolute Gasteiger partial charge is 0.356 e. The van der Waals surface area contributed by atoms with Crippen molar-refractivity contribution in [3.63, 3.8) is 0 Å². The van der Waals surface area contributed by atoms with Gasteiger partial charge in [0.2, 0.25) is 0 Å². The Labute approximate surface area is 138 Å². The molecule has 2 aromatic heterocycles. The van der Waals surface area contributed by atoms with Gasteiger partial charge >= 0.3 is 5.97 Å². The van der Waals surface area contributed by atoms with Gasteiger partial charge in [-0.15, -0.1) is 0 Å². The number of rotatable bonds is 3. The highest BCUT2D eigenvalue weighted by molar-refractivity contribution is 5.98. The van der Waals surface area contributed by atoms with Gasteiger partial charge in [0.05, 0.1) is 13.3 Å². The average Bonchev–Trinajstić information content (AvgIpc) is 2.98. The predicted octanol–water partition coefficient (Wildman–Crippen LogP) is 2.24. The van der Waals surface area contributed by atoms with Gasteiger partial charge in [-0.2, -0.15) is 5.10 Å². The standard InChI is InChI=1S/C18H17N3O3/c1-20-11-15(14-10-19-21(2)17(14)18(23)24-3)13(9-16(20)22)12-7-5-4-6-8-12/h4-11H,1-3H3. The van der Waals surface area contributed by atoms with E-state index < -0.39 is 5.97 Å². The molecule has 2 heterocycles. The lowest BCUT2D eigenvalue weighted by molar-refractivity contribution is 0.0589. The average molecular weight is 323 g/mol. The molecule has 0 unspecified atom stereocenters. The molecule has 3 aromatic rings. The lowest BCUT2D eigenvalue weighted by Gasteiger charge is -2.12. The molecular weight excluding hydrogens is 306 g/mol. The van der Waals surface area contributed by atoms with Crippen LogP contribution < -0.4 is 5.56 Å². The molecule has 6 heteroatoms. The van der Waals surface area contributed by atoms with E-state index in [0.29, 0.717) is 11.3 Å². The van der Waals surface area contributed by atoms with E-state index in [9.17, 15) is 9.59 Å². The minimum atomic E-state index is -0.474. The van der Waals surface area contributed by atoms with Gasteiger partial charge in [0.1, 0.15) is 0 Å².